The minimum absolute atomic E-state index is 0.122. The fraction of sp³-hybridized carbons (Fsp3) is 0. The molecule has 4 N–H and O–H groups in total. The number of allylic oxidation sites excluding steroid dienone is 4. The average Bonchev–Trinajstić information content (AvgIpc) is 3.59. The van der Waals surface area contributed by atoms with Crippen molar-refractivity contribution in [2.24, 2.45) is 4.99 Å². The molecule has 0 saturated heterocycles. The lowest BCUT2D eigenvalue weighted by Crippen LogP contribution is -2.24. The number of ketones is 3. The van der Waals surface area contributed by atoms with Gasteiger partial charge in [0.2, 0.25) is 5.78 Å². The highest BCUT2D eigenvalue weighted by Gasteiger charge is 2.39. The van der Waals surface area contributed by atoms with Crippen LogP contribution in [0.15, 0.2) is 82.4 Å². The molecule has 0 aliphatic carbocycles. The van der Waals surface area contributed by atoms with Gasteiger partial charge in [-0.1, -0.05) is 30.3 Å². The molecule has 8 heteroatoms. The molecule has 1 aromatic carbocycles. The number of aliphatic imine (C=N–C) groups is 1. The number of benzene rings is 1. The molecule has 0 saturated carbocycles. The second-order valence-corrected chi connectivity index (χ2v) is 8.01. The largest absolute Gasteiger partial charge is 0.504 e. The van der Waals surface area contributed by atoms with Gasteiger partial charge in [0.25, 0.3) is 11.6 Å². The van der Waals surface area contributed by atoms with Crippen LogP contribution in [0.25, 0.3) is 23.8 Å². The van der Waals surface area contributed by atoms with Crippen LogP contribution in [-0.2, 0) is 14.4 Å². The minimum Gasteiger partial charge on any atom is -0.504 e. The second kappa shape index (κ2) is 7.28. The molecule has 3 aromatic rings. The number of aromatic amines is 2. The summed E-state index contributed by atoms with van der Waals surface area (Å²) in [5.74, 6) is -3.00. The van der Waals surface area contributed by atoms with E-state index >= 15 is 0 Å². The van der Waals surface area contributed by atoms with Gasteiger partial charge in [-0.3, -0.25) is 14.4 Å². The number of carbonyl (C=O) groups excluding carboxylic acids is 3. The third kappa shape index (κ3) is 3.08. The Morgan fingerprint density at radius 1 is 0.706 bits per heavy atom. The van der Waals surface area contributed by atoms with Gasteiger partial charge in [0.05, 0.1) is 11.3 Å². The van der Waals surface area contributed by atoms with Crippen molar-refractivity contribution >= 4 is 46.9 Å². The number of nitrogens with zero attached hydrogens (tertiary/aromatic N) is 1. The number of nitrogens with one attached hydrogen (secondary N) is 3. The van der Waals surface area contributed by atoms with Gasteiger partial charge >= 0.3 is 0 Å². The molecule has 0 fully saturated rings. The van der Waals surface area contributed by atoms with Crippen molar-refractivity contribution in [2.75, 3.05) is 0 Å². The van der Waals surface area contributed by atoms with E-state index in [0.717, 1.165) is 16.4 Å². The van der Waals surface area contributed by atoms with Crippen molar-refractivity contribution in [1.29, 1.82) is 0 Å². The zero-order valence-corrected chi connectivity index (χ0v) is 17.5. The summed E-state index contributed by atoms with van der Waals surface area (Å²) >= 11 is 0. The molecule has 8 bridgehead atoms. The summed E-state index contributed by atoms with van der Waals surface area (Å²) in [5.41, 5.74) is 1.95. The molecule has 0 unspecified atom stereocenters. The van der Waals surface area contributed by atoms with E-state index in [9.17, 15) is 19.5 Å². The number of Topliss-reactive ketones (excluding diaryl/α,β-unsaturated/α-hetero) is 3. The van der Waals surface area contributed by atoms with Crippen molar-refractivity contribution in [3.8, 4) is 0 Å². The monoisotopic (exact) mass is 448 g/mol. The van der Waals surface area contributed by atoms with Crippen LogP contribution in [-0.4, -0.2) is 38.1 Å². The predicted octanol–water partition coefficient (Wildman–Crippen LogP) is 1.25. The van der Waals surface area contributed by atoms with E-state index in [1.807, 2.05) is 30.3 Å². The number of aromatic nitrogens is 2. The molecule has 2 aromatic heterocycles. The highest BCUT2D eigenvalue weighted by Crippen LogP contribution is 2.30. The highest BCUT2D eigenvalue weighted by atomic mass is 16.3. The van der Waals surface area contributed by atoms with Crippen LogP contribution in [0.3, 0.4) is 0 Å². The zero-order valence-electron chi connectivity index (χ0n) is 17.5. The van der Waals surface area contributed by atoms with Gasteiger partial charge in [-0.15, -0.1) is 0 Å². The van der Waals surface area contributed by atoms with Crippen LogP contribution in [0.4, 0.5) is 0 Å². The highest BCUT2D eigenvalue weighted by molar-refractivity contribution is 6.74. The van der Waals surface area contributed by atoms with Gasteiger partial charge in [0.1, 0.15) is 11.4 Å². The molecular weight excluding hydrogens is 432 g/mol. The van der Waals surface area contributed by atoms with E-state index in [4.69, 9.17) is 0 Å². The summed E-state index contributed by atoms with van der Waals surface area (Å²) in [4.78, 5) is 49.1. The molecule has 5 heterocycles. The molecule has 0 spiro atoms. The Morgan fingerprint density at radius 3 is 2.18 bits per heavy atom. The number of fused-ring (bicyclic) bond motifs is 7. The van der Waals surface area contributed by atoms with Gasteiger partial charge < -0.3 is 20.4 Å². The maximum Gasteiger partial charge on any atom is 0.257 e. The van der Waals surface area contributed by atoms with Gasteiger partial charge in [0, 0.05) is 22.1 Å². The summed E-state index contributed by atoms with van der Waals surface area (Å²) < 4.78 is 0. The lowest BCUT2D eigenvalue weighted by Gasteiger charge is -2.04. The molecule has 3 aliphatic rings. The minimum atomic E-state index is -0.971. The third-order valence-electron chi connectivity index (χ3n) is 5.76. The van der Waals surface area contributed by atoms with E-state index in [1.165, 1.54) is 6.08 Å². The normalized spacial score (nSPS) is 17.4. The first-order valence-electron chi connectivity index (χ1n) is 10.5. The summed E-state index contributed by atoms with van der Waals surface area (Å²) in [6.07, 6.45) is 5.07. The van der Waals surface area contributed by atoms with E-state index in [2.05, 4.69) is 20.3 Å². The van der Waals surface area contributed by atoms with Crippen LogP contribution < -0.4 is 16.0 Å². The number of hydrogen-bond donors (Lipinski definition) is 4. The Kier molecular flexibility index (Phi) is 4.21. The molecule has 3 aliphatic heterocycles. The summed E-state index contributed by atoms with van der Waals surface area (Å²) in [5, 5.41) is 15.4. The quantitative estimate of drug-likeness (QED) is 0.417. The topological polar surface area (TPSA) is 127 Å². The number of aliphatic hydroxyl groups excluding tert-OH is 1. The molecule has 164 valence electrons. The van der Waals surface area contributed by atoms with Crippen LogP contribution >= 0.6 is 0 Å². The maximum atomic E-state index is 13.4. The van der Waals surface area contributed by atoms with Crippen molar-refractivity contribution in [3.05, 3.63) is 105 Å². The first-order valence-corrected chi connectivity index (χ1v) is 10.5. The first-order chi connectivity index (χ1) is 16.5. The molecule has 6 rings (SSSR count). The molecule has 0 radical (unpaired) electrons. The van der Waals surface area contributed by atoms with Gasteiger partial charge in [-0.2, -0.15) is 0 Å². The lowest BCUT2D eigenvalue weighted by molar-refractivity contribution is -0.129. The molecule has 0 atom stereocenters. The van der Waals surface area contributed by atoms with Crippen molar-refractivity contribution in [1.82, 2.24) is 15.3 Å². The van der Waals surface area contributed by atoms with E-state index in [0.29, 0.717) is 22.5 Å². The Morgan fingerprint density at radius 2 is 1.41 bits per heavy atom. The summed E-state index contributed by atoms with van der Waals surface area (Å²) in [6.45, 7) is 0. The Labute approximate surface area is 192 Å². The number of hydrogen-bond acceptors (Lipinski definition) is 6. The summed E-state index contributed by atoms with van der Waals surface area (Å²) in [6, 6.07) is 16.3. The smallest absolute Gasteiger partial charge is 0.257 e. The van der Waals surface area contributed by atoms with Gasteiger partial charge in [-0.05, 0) is 48.1 Å². The van der Waals surface area contributed by atoms with Crippen LogP contribution in [0.5, 0.6) is 0 Å². The lowest BCUT2D eigenvalue weighted by atomic mass is 10.00. The Balaban J connectivity index is 1.64. The second-order valence-electron chi connectivity index (χ2n) is 8.01. The number of carbonyl (C=O) groups is 3. The molecule has 34 heavy (non-hydrogen) atoms. The number of rotatable bonds is 1. The van der Waals surface area contributed by atoms with Gasteiger partial charge in [-0.25, -0.2) is 4.99 Å². The summed E-state index contributed by atoms with van der Waals surface area (Å²) in [7, 11) is 0. The van der Waals surface area contributed by atoms with Crippen LogP contribution in [0.1, 0.15) is 17.0 Å². The Hall–Kier alpha value is -4.98. The maximum absolute atomic E-state index is 13.4. The van der Waals surface area contributed by atoms with Crippen LogP contribution in [0.2, 0.25) is 0 Å². The van der Waals surface area contributed by atoms with E-state index in [-0.39, 0.29) is 11.4 Å². The fourth-order valence-corrected chi connectivity index (χ4v) is 4.16. The molecular formula is C26H16N4O4. The zero-order chi connectivity index (χ0) is 23.4. The average molecular weight is 448 g/mol. The predicted molar refractivity (Wildman–Crippen MR) is 125 cm³/mol. The van der Waals surface area contributed by atoms with E-state index in [1.54, 1.807) is 36.4 Å². The van der Waals surface area contributed by atoms with Crippen molar-refractivity contribution in [3.63, 3.8) is 0 Å². The molecule has 0 amide bonds. The third-order valence-corrected chi connectivity index (χ3v) is 5.76. The van der Waals surface area contributed by atoms with Gasteiger partial charge in [0.15, 0.2) is 11.5 Å². The molecule has 8 nitrogen and oxygen atoms in total. The fourth-order valence-electron chi connectivity index (χ4n) is 4.16. The van der Waals surface area contributed by atoms with E-state index < -0.39 is 28.8 Å². The Bertz CT molecular complexity index is 1680. The van der Waals surface area contributed by atoms with Crippen molar-refractivity contribution < 1.29 is 19.5 Å². The standard InChI is InChI=1S/C26H16N4O4/c31-23-19-12-17-9-7-15(28-17)10-14-6-8-16(27-14)11-18-20(13-4-2-1-3-5-13)24(32)21(29-18)25(33)22(30-19)26(23)34/h1-12,27-29,33H. The first kappa shape index (κ1) is 19.7. The SMILES string of the molecule is O=C1C(=O)C2=NC1=Cc1ccc([nH]1)C=c1ccc([nH]1)=CC1=C(c3ccccc3)C(=O)C(=C2O)N1. The van der Waals surface area contributed by atoms with Crippen molar-refractivity contribution in [2.45, 2.75) is 0 Å². The number of aliphatic hydroxyl groups is 1. The van der Waals surface area contributed by atoms with Crippen LogP contribution in [0, 0.1) is 0 Å². The number of H-pyrrole nitrogens is 2.